The molecule has 0 aliphatic heterocycles. The van der Waals surface area contributed by atoms with E-state index in [1.54, 1.807) is 22.7 Å². The SMILES string of the molecule is CNC(Cc1nc(C)cs1)Cc1nc(C)c(C)s1. The Bertz CT molecular complexity index is 497. The number of aryl methyl sites for hydroxylation is 3. The van der Waals surface area contributed by atoms with Crippen LogP contribution in [-0.4, -0.2) is 23.1 Å². The van der Waals surface area contributed by atoms with Crippen LogP contribution >= 0.6 is 22.7 Å². The van der Waals surface area contributed by atoms with E-state index < -0.39 is 0 Å². The van der Waals surface area contributed by atoms with Gasteiger partial charge in [0.25, 0.3) is 0 Å². The minimum atomic E-state index is 0.417. The first kappa shape index (κ1) is 13.6. The van der Waals surface area contributed by atoms with Gasteiger partial charge in [0, 0.05) is 34.8 Å². The van der Waals surface area contributed by atoms with Crippen LogP contribution in [0.5, 0.6) is 0 Å². The number of nitrogens with zero attached hydrogens (tertiary/aromatic N) is 2. The normalized spacial score (nSPS) is 12.9. The average molecular weight is 281 g/mol. The second-order valence-electron chi connectivity index (χ2n) is 4.53. The minimum absolute atomic E-state index is 0.417. The quantitative estimate of drug-likeness (QED) is 0.915. The molecule has 98 valence electrons. The van der Waals surface area contributed by atoms with Crippen LogP contribution in [0.4, 0.5) is 0 Å². The predicted molar refractivity (Wildman–Crippen MR) is 78.7 cm³/mol. The van der Waals surface area contributed by atoms with Crippen LogP contribution in [0.1, 0.15) is 26.3 Å². The molecule has 1 atom stereocenters. The summed E-state index contributed by atoms with van der Waals surface area (Å²) in [5, 5.41) is 7.91. The Labute approximate surface area is 116 Å². The molecule has 1 N–H and O–H groups in total. The van der Waals surface area contributed by atoms with E-state index in [0.717, 1.165) is 24.2 Å². The van der Waals surface area contributed by atoms with Gasteiger partial charge in [-0.05, 0) is 27.8 Å². The maximum absolute atomic E-state index is 4.61. The van der Waals surface area contributed by atoms with Gasteiger partial charge in [-0.1, -0.05) is 0 Å². The van der Waals surface area contributed by atoms with Gasteiger partial charge in [0.1, 0.15) is 0 Å². The molecule has 0 aliphatic rings. The van der Waals surface area contributed by atoms with Gasteiger partial charge in [0.2, 0.25) is 0 Å². The lowest BCUT2D eigenvalue weighted by Gasteiger charge is -2.12. The highest BCUT2D eigenvalue weighted by molar-refractivity contribution is 7.11. The molecule has 2 rings (SSSR count). The zero-order valence-corrected chi connectivity index (χ0v) is 12.9. The summed E-state index contributed by atoms with van der Waals surface area (Å²) in [6, 6.07) is 0.417. The summed E-state index contributed by atoms with van der Waals surface area (Å²) >= 11 is 3.55. The molecule has 2 heterocycles. The van der Waals surface area contributed by atoms with Crippen molar-refractivity contribution < 1.29 is 0 Å². The highest BCUT2D eigenvalue weighted by Crippen LogP contribution is 2.19. The molecule has 0 saturated carbocycles. The summed E-state index contributed by atoms with van der Waals surface area (Å²) in [5.41, 5.74) is 2.28. The number of aromatic nitrogens is 2. The van der Waals surface area contributed by atoms with E-state index in [-0.39, 0.29) is 0 Å². The third-order valence-corrected chi connectivity index (χ3v) is 5.07. The van der Waals surface area contributed by atoms with Gasteiger partial charge in [0.15, 0.2) is 0 Å². The summed E-state index contributed by atoms with van der Waals surface area (Å²) in [7, 11) is 2.01. The van der Waals surface area contributed by atoms with Gasteiger partial charge in [-0.2, -0.15) is 0 Å². The second kappa shape index (κ2) is 5.91. The van der Waals surface area contributed by atoms with Crippen LogP contribution in [0.3, 0.4) is 0 Å². The van der Waals surface area contributed by atoms with E-state index in [1.165, 1.54) is 14.9 Å². The Morgan fingerprint density at radius 1 is 1.17 bits per heavy atom. The van der Waals surface area contributed by atoms with Gasteiger partial charge >= 0.3 is 0 Å². The molecule has 2 aromatic rings. The molecule has 0 spiro atoms. The van der Waals surface area contributed by atoms with Crippen molar-refractivity contribution in [3.05, 3.63) is 31.7 Å². The van der Waals surface area contributed by atoms with E-state index in [9.17, 15) is 0 Å². The first-order chi connectivity index (χ1) is 8.58. The monoisotopic (exact) mass is 281 g/mol. The first-order valence-corrected chi connectivity index (χ1v) is 7.79. The third-order valence-electron chi connectivity index (χ3n) is 2.99. The lowest BCUT2D eigenvalue weighted by molar-refractivity contribution is 0.553. The number of nitrogens with one attached hydrogen (secondary N) is 1. The summed E-state index contributed by atoms with van der Waals surface area (Å²) in [6.45, 7) is 6.25. The Hall–Kier alpha value is -0.780. The van der Waals surface area contributed by atoms with Crippen LogP contribution in [-0.2, 0) is 12.8 Å². The molecule has 0 radical (unpaired) electrons. The largest absolute Gasteiger partial charge is 0.316 e. The van der Waals surface area contributed by atoms with E-state index in [1.807, 2.05) is 14.0 Å². The standard InChI is InChI=1S/C13H19N3S2/c1-8-7-17-12(15-8)5-11(14-4)6-13-16-9(2)10(3)18-13/h7,11,14H,5-6H2,1-4H3. The van der Waals surface area contributed by atoms with Gasteiger partial charge in [-0.15, -0.1) is 22.7 Å². The molecule has 3 nitrogen and oxygen atoms in total. The number of hydrogen-bond donors (Lipinski definition) is 1. The summed E-state index contributed by atoms with van der Waals surface area (Å²) in [4.78, 5) is 10.5. The zero-order chi connectivity index (χ0) is 13.1. The number of hydrogen-bond acceptors (Lipinski definition) is 5. The van der Waals surface area contributed by atoms with Crippen molar-refractivity contribution in [2.75, 3.05) is 7.05 Å². The Kier molecular flexibility index (Phi) is 4.48. The van der Waals surface area contributed by atoms with Crippen molar-refractivity contribution >= 4 is 22.7 Å². The van der Waals surface area contributed by atoms with Crippen molar-refractivity contribution in [2.45, 2.75) is 39.7 Å². The maximum atomic E-state index is 4.61. The van der Waals surface area contributed by atoms with Crippen molar-refractivity contribution in [1.82, 2.24) is 15.3 Å². The van der Waals surface area contributed by atoms with Crippen LogP contribution in [0, 0.1) is 20.8 Å². The molecular formula is C13H19N3S2. The van der Waals surface area contributed by atoms with Crippen LogP contribution < -0.4 is 5.32 Å². The molecule has 1 unspecified atom stereocenters. The second-order valence-corrected chi connectivity index (χ2v) is 6.76. The molecule has 18 heavy (non-hydrogen) atoms. The fourth-order valence-corrected chi connectivity index (χ4v) is 3.69. The van der Waals surface area contributed by atoms with E-state index in [4.69, 9.17) is 0 Å². The molecule has 0 amide bonds. The van der Waals surface area contributed by atoms with Crippen molar-refractivity contribution in [3.8, 4) is 0 Å². The van der Waals surface area contributed by atoms with Gasteiger partial charge in [-0.3, -0.25) is 0 Å². The average Bonchev–Trinajstić information content (AvgIpc) is 2.85. The Morgan fingerprint density at radius 2 is 1.89 bits per heavy atom. The lowest BCUT2D eigenvalue weighted by atomic mass is 10.1. The predicted octanol–water partition coefficient (Wildman–Crippen LogP) is 2.90. The first-order valence-electron chi connectivity index (χ1n) is 6.09. The Morgan fingerprint density at radius 3 is 2.39 bits per heavy atom. The van der Waals surface area contributed by atoms with Gasteiger partial charge in [-0.25, -0.2) is 9.97 Å². The third kappa shape index (κ3) is 3.37. The van der Waals surface area contributed by atoms with Crippen molar-refractivity contribution in [3.63, 3.8) is 0 Å². The van der Waals surface area contributed by atoms with Gasteiger partial charge in [0.05, 0.1) is 15.7 Å². The number of rotatable bonds is 5. The molecule has 0 fully saturated rings. The van der Waals surface area contributed by atoms with Crippen molar-refractivity contribution in [2.24, 2.45) is 0 Å². The fourth-order valence-electron chi connectivity index (χ4n) is 1.82. The van der Waals surface area contributed by atoms with E-state index in [2.05, 4.69) is 34.5 Å². The van der Waals surface area contributed by atoms with Crippen LogP contribution in [0.15, 0.2) is 5.38 Å². The van der Waals surface area contributed by atoms with Crippen LogP contribution in [0.25, 0.3) is 0 Å². The Balaban J connectivity index is 2.01. The molecule has 0 aromatic carbocycles. The maximum Gasteiger partial charge on any atom is 0.0946 e. The highest BCUT2D eigenvalue weighted by atomic mass is 32.1. The number of likely N-dealkylation sites (N-methyl/N-ethyl adjacent to an activating group) is 1. The summed E-state index contributed by atoms with van der Waals surface area (Å²) in [5.74, 6) is 0. The molecule has 5 heteroatoms. The molecule has 0 saturated heterocycles. The highest BCUT2D eigenvalue weighted by Gasteiger charge is 2.13. The molecular weight excluding hydrogens is 262 g/mol. The molecule has 0 bridgehead atoms. The summed E-state index contributed by atoms with van der Waals surface area (Å²) in [6.07, 6.45) is 1.96. The fraction of sp³-hybridized carbons (Fsp3) is 0.538. The smallest absolute Gasteiger partial charge is 0.0946 e. The summed E-state index contributed by atoms with van der Waals surface area (Å²) < 4.78 is 0. The minimum Gasteiger partial charge on any atom is -0.316 e. The zero-order valence-electron chi connectivity index (χ0n) is 11.3. The van der Waals surface area contributed by atoms with E-state index >= 15 is 0 Å². The molecule has 2 aromatic heterocycles. The number of thiazole rings is 2. The van der Waals surface area contributed by atoms with E-state index in [0.29, 0.717) is 6.04 Å². The molecule has 0 aliphatic carbocycles. The lowest BCUT2D eigenvalue weighted by Crippen LogP contribution is -2.29. The van der Waals surface area contributed by atoms with Crippen LogP contribution in [0.2, 0.25) is 0 Å². The topological polar surface area (TPSA) is 37.8 Å². The van der Waals surface area contributed by atoms with Gasteiger partial charge < -0.3 is 5.32 Å². The van der Waals surface area contributed by atoms with Crippen molar-refractivity contribution in [1.29, 1.82) is 0 Å².